The van der Waals surface area contributed by atoms with E-state index in [1.807, 2.05) is 0 Å². The summed E-state index contributed by atoms with van der Waals surface area (Å²) in [7, 11) is 0. The molecule has 3 N–H and O–H groups in total. The lowest BCUT2D eigenvalue weighted by Gasteiger charge is -2.19. The first-order valence-electron chi connectivity index (χ1n) is 8.36. The Bertz CT molecular complexity index is 710. The van der Waals surface area contributed by atoms with Gasteiger partial charge in [-0.1, -0.05) is 13.0 Å². The van der Waals surface area contributed by atoms with E-state index in [0.29, 0.717) is 5.95 Å². The lowest BCUT2D eigenvalue weighted by Crippen LogP contribution is -2.25. The first-order valence-corrected chi connectivity index (χ1v) is 9.34. The highest BCUT2D eigenvalue weighted by Gasteiger charge is 2.24. The zero-order valence-electron chi connectivity index (χ0n) is 15.4. The number of thioether (sulfide) groups is 1. The number of anilines is 2. The van der Waals surface area contributed by atoms with Gasteiger partial charge in [0.2, 0.25) is 11.9 Å². The fraction of sp³-hybridized carbons (Fsp3) is 0.500. The second kappa shape index (κ2) is 7.99. The number of nitrogens with zero attached hydrogens (tertiary/aromatic N) is 3. The number of hydrogen-bond donors (Lipinski definition) is 2. The van der Waals surface area contributed by atoms with Crippen molar-refractivity contribution in [3.05, 3.63) is 35.2 Å². The maximum absolute atomic E-state index is 14.1. The Morgan fingerprint density at radius 3 is 2.36 bits per heavy atom. The predicted octanol–water partition coefficient (Wildman–Crippen LogP) is 4.26. The van der Waals surface area contributed by atoms with Crippen LogP contribution in [0.3, 0.4) is 0 Å². The van der Waals surface area contributed by atoms with Crippen LogP contribution in [0.25, 0.3) is 0 Å². The molecule has 0 saturated carbocycles. The quantitative estimate of drug-likeness (QED) is 0.716. The number of aryl methyl sites for hydroxylation is 2. The van der Waals surface area contributed by atoms with Crippen molar-refractivity contribution in [2.24, 2.45) is 0 Å². The number of nitrogens with one attached hydrogen (secondary N) is 1. The number of halogens is 1. The summed E-state index contributed by atoms with van der Waals surface area (Å²) in [5.74, 6) is 1.23. The SMILES string of the molecule is CCC(CSc1cc(C)cc(C)c1)Nc1nc(N)nc(C(C)(C)F)n1. The van der Waals surface area contributed by atoms with Crippen LogP contribution < -0.4 is 11.1 Å². The number of alkyl halides is 1. The molecule has 0 radical (unpaired) electrons. The first-order chi connectivity index (χ1) is 11.7. The number of nitrogens with two attached hydrogens (primary N) is 1. The van der Waals surface area contributed by atoms with Gasteiger partial charge in [-0.2, -0.15) is 15.0 Å². The molecule has 25 heavy (non-hydrogen) atoms. The van der Waals surface area contributed by atoms with E-state index in [0.717, 1.165) is 12.2 Å². The maximum atomic E-state index is 14.1. The van der Waals surface area contributed by atoms with Crippen LogP contribution >= 0.6 is 11.8 Å². The Hall–Kier alpha value is -1.89. The molecule has 7 heteroatoms. The van der Waals surface area contributed by atoms with Crippen molar-refractivity contribution < 1.29 is 4.39 Å². The van der Waals surface area contributed by atoms with Crippen LogP contribution in [0.4, 0.5) is 16.3 Å². The fourth-order valence-corrected chi connectivity index (χ4v) is 3.63. The molecule has 1 atom stereocenters. The van der Waals surface area contributed by atoms with Crippen LogP contribution in [0, 0.1) is 13.8 Å². The topological polar surface area (TPSA) is 76.7 Å². The molecule has 2 aromatic rings. The summed E-state index contributed by atoms with van der Waals surface area (Å²) in [6.07, 6.45) is 0.887. The monoisotopic (exact) mass is 363 g/mol. The molecular weight excluding hydrogens is 337 g/mol. The van der Waals surface area contributed by atoms with E-state index in [4.69, 9.17) is 5.73 Å². The van der Waals surface area contributed by atoms with E-state index in [1.165, 1.54) is 29.9 Å². The summed E-state index contributed by atoms with van der Waals surface area (Å²) in [5.41, 5.74) is 6.54. The highest BCUT2D eigenvalue weighted by Crippen LogP contribution is 2.25. The largest absolute Gasteiger partial charge is 0.368 e. The van der Waals surface area contributed by atoms with Gasteiger partial charge < -0.3 is 11.1 Å². The van der Waals surface area contributed by atoms with Gasteiger partial charge in [-0.15, -0.1) is 11.8 Å². The molecule has 0 aliphatic carbocycles. The van der Waals surface area contributed by atoms with Gasteiger partial charge in [-0.05, 0) is 57.4 Å². The Labute approximate surface area is 153 Å². The van der Waals surface area contributed by atoms with Crippen LogP contribution in [-0.2, 0) is 5.67 Å². The van der Waals surface area contributed by atoms with E-state index in [9.17, 15) is 4.39 Å². The second-order valence-corrected chi connectivity index (χ2v) is 7.79. The molecule has 1 aromatic heterocycles. The first kappa shape index (κ1) is 19.4. The van der Waals surface area contributed by atoms with Crippen LogP contribution in [0.15, 0.2) is 23.1 Å². The van der Waals surface area contributed by atoms with Gasteiger partial charge in [0.25, 0.3) is 0 Å². The fourth-order valence-electron chi connectivity index (χ4n) is 2.38. The minimum atomic E-state index is -1.66. The molecule has 2 rings (SSSR count). The molecule has 5 nitrogen and oxygen atoms in total. The Morgan fingerprint density at radius 2 is 1.80 bits per heavy atom. The van der Waals surface area contributed by atoms with E-state index in [-0.39, 0.29) is 17.8 Å². The molecule has 0 aliphatic heterocycles. The number of benzene rings is 1. The molecule has 1 unspecified atom stereocenters. The smallest absolute Gasteiger partial charge is 0.228 e. The minimum absolute atomic E-state index is 0.0232. The summed E-state index contributed by atoms with van der Waals surface area (Å²) >= 11 is 1.78. The molecule has 1 aromatic carbocycles. The summed E-state index contributed by atoms with van der Waals surface area (Å²) in [5, 5.41) is 3.25. The van der Waals surface area contributed by atoms with Crippen molar-refractivity contribution in [3.8, 4) is 0 Å². The van der Waals surface area contributed by atoms with E-state index < -0.39 is 5.67 Å². The third kappa shape index (κ3) is 5.85. The third-order valence-corrected chi connectivity index (χ3v) is 4.79. The zero-order chi connectivity index (χ0) is 18.6. The third-order valence-electron chi connectivity index (χ3n) is 3.66. The second-order valence-electron chi connectivity index (χ2n) is 6.70. The summed E-state index contributed by atoms with van der Waals surface area (Å²) < 4.78 is 14.1. The molecule has 0 fully saturated rings. The highest BCUT2D eigenvalue weighted by atomic mass is 32.2. The average molecular weight is 364 g/mol. The summed E-state index contributed by atoms with van der Waals surface area (Å²) in [4.78, 5) is 13.4. The Balaban J connectivity index is 2.08. The Kier molecular flexibility index (Phi) is 6.21. The average Bonchev–Trinajstić information content (AvgIpc) is 2.49. The number of aromatic nitrogens is 3. The van der Waals surface area contributed by atoms with Gasteiger partial charge in [-0.3, -0.25) is 0 Å². The highest BCUT2D eigenvalue weighted by molar-refractivity contribution is 7.99. The van der Waals surface area contributed by atoms with Gasteiger partial charge in [0, 0.05) is 16.7 Å². The van der Waals surface area contributed by atoms with E-state index in [2.05, 4.69) is 59.2 Å². The summed E-state index contributed by atoms with van der Waals surface area (Å²) in [6.45, 7) is 9.09. The van der Waals surface area contributed by atoms with Crippen LogP contribution in [-0.4, -0.2) is 26.7 Å². The number of rotatable bonds is 7. The molecule has 136 valence electrons. The van der Waals surface area contributed by atoms with Crippen molar-refractivity contribution in [3.63, 3.8) is 0 Å². The van der Waals surface area contributed by atoms with Crippen LogP contribution in [0.2, 0.25) is 0 Å². The summed E-state index contributed by atoms with van der Waals surface area (Å²) in [6, 6.07) is 6.65. The lowest BCUT2D eigenvalue weighted by molar-refractivity contribution is 0.206. The Morgan fingerprint density at radius 1 is 1.16 bits per heavy atom. The van der Waals surface area contributed by atoms with Gasteiger partial charge in [0.1, 0.15) is 0 Å². The van der Waals surface area contributed by atoms with Gasteiger partial charge in [0.15, 0.2) is 11.5 Å². The number of nitrogen functional groups attached to an aromatic ring is 1. The molecule has 0 aliphatic rings. The van der Waals surface area contributed by atoms with Crippen molar-refractivity contribution in [1.82, 2.24) is 15.0 Å². The molecule has 0 saturated heterocycles. The normalized spacial score (nSPS) is 12.9. The minimum Gasteiger partial charge on any atom is -0.368 e. The molecule has 0 amide bonds. The van der Waals surface area contributed by atoms with Gasteiger partial charge >= 0.3 is 0 Å². The molecule has 0 spiro atoms. The van der Waals surface area contributed by atoms with Gasteiger partial charge in [0.05, 0.1) is 0 Å². The van der Waals surface area contributed by atoms with Crippen molar-refractivity contribution >= 4 is 23.7 Å². The molecule has 0 bridgehead atoms. The maximum Gasteiger partial charge on any atom is 0.228 e. The molecule has 1 heterocycles. The zero-order valence-corrected chi connectivity index (χ0v) is 16.2. The molecular formula is C18H26FN5S. The standard InChI is InChI=1S/C18H26FN5S/c1-6-13(10-25-14-8-11(2)7-12(3)9-14)21-17-23-15(18(4,5)19)22-16(20)24-17/h7-9,13H,6,10H2,1-5H3,(H3,20,21,22,23,24). The number of hydrogen-bond acceptors (Lipinski definition) is 6. The van der Waals surface area contributed by atoms with Crippen molar-refractivity contribution in [1.29, 1.82) is 0 Å². The van der Waals surface area contributed by atoms with Crippen LogP contribution in [0.1, 0.15) is 44.1 Å². The predicted molar refractivity (Wildman–Crippen MR) is 103 cm³/mol. The van der Waals surface area contributed by atoms with E-state index in [1.54, 1.807) is 11.8 Å². The lowest BCUT2D eigenvalue weighted by atomic mass is 10.1. The van der Waals surface area contributed by atoms with Gasteiger partial charge in [-0.25, -0.2) is 4.39 Å². The van der Waals surface area contributed by atoms with Crippen LogP contribution in [0.5, 0.6) is 0 Å². The van der Waals surface area contributed by atoms with Crippen molar-refractivity contribution in [2.75, 3.05) is 16.8 Å². The van der Waals surface area contributed by atoms with E-state index >= 15 is 0 Å². The van der Waals surface area contributed by atoms with Crippen molar-refractivity contribution in [2.45, 2.75) is 57.6 Å².